The van der Waals surface area contributed by atoms with Crippen LogP contribution in [0.5, 0.6) is 0 Å². The van der Waals surface area contributed by atoms with Crippen LogP contribution in [0.25, 0.3) is 0 Å². The molecule has 0 radical (unpaired) electrons. The van der Waals surface area contributed by atoms with Crippen LogP contribution < -0.4 is 0 Å². The van der Waals surface area contributed by atoms with Gasteiger partial charge in [-0.05, 0) is 29.1 Å². The van der Waals surface area contributed by atoms with Crippen LogP contribution in [0.15, 0.2) is 46.3 Å². The first-order valence-corrected chi connectivity index (χ1v) is 6.39. The fourth-order valence-corrected chi connectivity index (χ4v) is 2.40. The van der Waals surface area contributed by atoms with Gasteiger partial charge in [0.2, 0.25) is 0 Å². The molecular formula is C12H11BrOS. The third-order valence-electron chi connectivity index (χ3n) is 2.21. The van der Waals surface area contributed by atoms with Gasteiger partial charge in [-0.1, -0.05) is 34.1 Å². The molecule has 0 saturated carbocycles. The van der Waals surface area contributed by atoms with Gasteiger partial charge in [0.15, 0.2) is 0 Å². The molecule has 0 saturated heterocycles. The molecule has 0 aliphatic rings. The van der Waals surface area contributed by atoms with Gasteiger partial charge in [0.1, 0.15) is 0 Å². The first-order valence-electron chi connectivity index (χ1n) is 4.71. The third-order valence-corrected chi connectivity index (χ3v) is 3.72. The molecule has 1 aromatic heterocycles. The van der Waals surface area contributed by atoms with Crippen LogP contribution in [0.2, 0.25) is 0 Å². The second-order valence-electron chi connectivity index (χ2n) is 3.36. The lowest BCUT2D eigenvalue weighted by atomic mass is 10.1. The van der Waals surface area contributed by atoms with Gasteiger partial charge in [-0.15, -0.1) is 11.3 Å². The molecule has 0 bridgehead atoms. The lowest BCUT2D eigenvalue weighted by Gasteiger charge is -2.08. The largest absolute Gasteiger partial charge is 0.387 e. The van der Waals surface area contributed by atoms with Gasteiger partial charge in [-0.25, -0.2) is 0 Å². The van der Waals surface area contributed by atoms with E-state index in [2.05, 4.69) is 15.9 Å². The quantitative estimate of drug-likeness (QED) is 0.908. The number of halogens is 1. The average molecular weight is 283 g/mol. The van der Waals surface area contributed by atoms with E-state index in [1.807, 2.05) is 41.8 Å². The molecule has 0 spiro atoms. The molecule has 1 unspecified atom stereocenters. The van der Waals surface area contributed by atoms with E-state index in [9.17, 15) is 5.11 Å². The number of benzene rings is 1. The SMILES string of the molecule is OC(Cc1ccc(Br)cc1)c1cccs1. The van der Waals surface area contributed by atoms with Crippen LogP contribution in [0.3, 0.4) is 0 Å². The van der Waals surface area contributed by atoms with Gasteiger partial charge in [0, 0.05) is 15.8 Å². The van der Waals surface area contributed by atoms with E-state index in [0.717, 1.165) is 14.9 Å². The number of hydrogen-bond donors (Lipinski definition) is 1. The fourth-order valence-electron chi connectivity index (χ4n) is 1.43. The van der Waals surface area contributed by atoms with Gasteiger partial charge in [0.05, 0.1) is 6.10 Å². The van der Waals surface area contributed by atoms with Crippen molar-refractivity contribution >= 4 is 27.3 Å². The Morgan fingerprint density at radius 1 is 1.20 bits per heavy atom. The first-order chi connectivity index (χ1) is 7.25. The van der Waals surface area contributed by atoms with Crippen molar-refractivity contribution in [3.05, 3.63) is 56.7 Å². The Balaban J connectivity index is 2.06. The topological polar surface area (TPSA) is 20.2 Å². The van der Waals surface area contributed by atoms with Crippen molar-refractivity contribution in [2.75, 3.05) is 0 Å². The summed E-state index contributed by atoms with van der Waals surface area (Å²) in [6.45, 7) is 0. The molecule has 1 nitrogen and oxygen atoms in total. The zero-order valence-electron chi connectivity index (χ0n) is 8.06. The summed E-state index contributed by atoms with van der Waals surface area (Å²) in [5, 5.41) is 11.9. The summed E-state index contributed by atoms with van der Waals surface area (Å²) in [4.78, 5) is 1.03. The van der Waals surface area contributed by atoms with Crippen molar-refractivity contribution in [2.24, 2.45) is 0 Å². The van der Waals surface area contributed by atoms with Crippen molar-refractivity contribution in [2.45, 2.75) is 12.5 Å². The van der Waals surface area contributed by atoms with Gasteiger partial charge in [-0.2, -0.15) is 0 Å². The maximum absolute atomic E-state index is 9.93. The molecule has 2 rings (SSSR count). The minimum Gasteiger partial charge on any atom is -0.387 e. The molecule has 3 heteroatoms. The second kappa shape index (κ2) is 4.92. The highest BCUT2D eigenvalue weighted by atomic mass is 79.9. The van der Waals surface area contributed by atoms with Crippen molar-refractivity contribution in [1.82, 2.24) is 0 Å². The molecule has 0 aliphatic carbocycles. The van der Waals surface area contributed by atoms with Crippen LogP contribution in [-0.2, 0) is 6.42 Å². The smallest absolute Gasteiger partial charge is 0.0922 e. The Bertz CT molecular complexity index is 408. The Hall–Kier alpha value is -0.640. The van der Waals surface area contributed by atoms with Gasteiger partial charge in [-0.3, -0.25) is 0 Å². The minimum absolute atomic E-state index is 0.383. The third kappa shape index (κ3) is 2.91. The normalized spacial score (nSPS) is 12.7. The molecule has 2 aromatic rings. The Morgan fingerprint density at radius 3 is 2.53 bits per heavy atom. The second-order valence-corrected chi connectivity index (χ2v) is 5.26. The van der Waals surface area contributed by atoms with E-state index in [4.69, 9.17) is 0 Å². The molecule has 1 N–H and O–H groups in total. The fraction of sp³-hybridized carbons (Fsp3) is 0.167. The summed E-state index contributed by atoms with van der Waals surface area (Å²) in [7, 11) is 0. The maximum Gasteiger partial charge on any atom is 0.0922 e. The summed E-state index contributed by atoms with van der Waals surface area (Å²) in [5.41, 5.74) is 1.15. The van der Waals surface area contributed by atoms with Crippen LogP contribution in [-0.4, -0.2) is 5.11 Å². The predicted molar refractivity (Wildman–Crippen MR) is 67.1 cm³/mol. The van der Waals surface area contributed by atoms with E-state index in [0.29, 0.717) is 6.42 Å². The lowest BCUT2D eigenvalue weighted by Crippen LogP contribution is -1.99. The molecule has 1 heterocycles. The van der Waals surface area contributed by atoms with Crippen molar-refractivity contribution in [3.63, 3.8) is 0 Å². The molecule has 78 valence electrons. The average Bonchev–Trinajstić information content (AvgIpc) is 2.74. The Labute approximate surface area is 102 Å². The highest BCUT2D eigenvalue weighted by molar-refractivity contribution is 9.10. The van der Waals surface area contributed by atoms with E-state index in [1.54, 1.807) is 11.3 Å². The van der Waals surface area contributed by atoms with E-state index >= 15 is 0 Å². The summed E-state index contributed by atoms with van der Waals surface area (Å²) in [6, 6.07) is 12.0. The molecule has 1 aromatic carbocycles. The van der Waals surface area contributed by atoms with Crippen LogP contribution >= 0.6 is 27.3 Å². The van der Waals surface area contributed by atoms with E-state index < -0.39 is 0 Å². The summed E-state index contributed by atoms with van der Waals surface area (Å²) >= 11 is 4.98. The molecule has 0 fully saturated rings. The predicted octanol–water partition coefficient (Wildman–Crippen LogP) is 3.79. The number of thiophene rings is 1. The van der Waals surface area contributed by atoms with Crippen LogP contribution in [0, 0.1) is 0 Å². The number of hydrogen-bond acceptors (Lipinski definition) is 2. The summed E-state index contributed by atoms with van der Waals surface area (Å²) in [6.07, 6.45) is 0.291. The molecule has 1 atom stereocenters. The van der Waals surface area contributed by atoms with Gasteiger partial charge >= 0.3 is 0 Å². The zero-order chi connectivity index (χ0) is 10.7. The summed E-state index contributed by atoms with van der Waals surface area (Å²) in [5.74, 6) is 0. The number of rotatable bonds is 3. The van der Waals surface area contributed by atoms with E-state index in [-0.39, 0.29) is 6.10 Å². The standard InChI is InChI=1S/C12H11BrOS/c13-10-5-3-9(4-6-10)8-11(14)12-2-1-7-15-12/h1-7,11,14H,8H2. The molecular weight excluding hydrogens is 272 g/mol. The summed E-state index contributed by atoms with van der Waals surface area (Å²) < 4.78 is 1.07. The van der Waals surface area contributed by atoms with Gasteiger partial charge < -0.3 is 5.11 Å². The maximum atomic E-state index is 9.93. The van der Waals surface area contributed by atoms with E-state index in [1.165, 1.54) is 0 Å². The van der Waals surface area contributed by atoms with Crippen LogP contribution in [0.4, 0.5) is 0 Å². The molecule has 0 amide bonds. The number of aliphatic hydroxyl groups is 1. The highest BCUT2D eigenvalue weighted by Crippen LogP contribution is 2.23. The van der Waals surface area contributed by atoms with Gasteiger partial charge in [0.25, 0.3) is 0 Å². The Morgan fingerprint density at radius 2 is 1.93 bits per heavy atom. The number of aliphatic hydroxyl groups excluding tert-OH is 1. The first kappa shape index (κ1) is 10.9. The van der Waals surface area contributed by atoms with Crippen molar-refractivity contribution < 1.29 is 5.11 Å². The molecule has 15 heavy (non-hydrogen) atoms. The zero-order valence-corrected chi connectivity index (χ0v) is 10.5. The Kier molecular flexibility index (Phi) is 3.57. The monoisotopic (exact) mass is 282 g/mol. The minimum atomic E-state index is -0.383. The lowest BCUT2D eigenvalue weighted by molar-refractivity contribution is 0.182. The molecule has 0 aliphatic heterocycles. The highest BCUT2D eigenvalue weighted by Gasteiger charge is 2.08. The van der Waals surface area contributed by atoms with Crippen molar-refractivity contribution in [3.8, 4) is 0 Å². The van der Waals surface area contributed by atoms with Crippen LogP contribution in [0.1, 0.15) is 16.5 Å². The van der Waals surface area contributed by atoms with Crippen molar-refractivity contribution in [1.29, 1.82) is 0 Å².